The predicted molar refractivity (Wildman–Crippen MR) is 91.1 cm³/mol. The maximum absolute atomic E-state index is 13.8. The van der Waals surface area contributed by atoms with Crippen LogP contribution in [0.2, 0.25) is 0 Å². The van der Waals surface area contributed by atoms with E-state index >= 15 is 0 Å². The first kappa shape index (κ1) is 19.1. The van der Waals surface area contributed by atoms with Crippen LogP contribution in [0.1, 0.15) is 15.9 Å². The van der Waals surface area contributed by atoms with E-state index in [1.54, 1.807) is 0 Å². The number of anilines is 1. The number of H-pyrrole nitrogens is 1. The van der Waals surface area contributed by atoms with E-state index in [4.69, 9.17) is 0 Å². The van der Waals surface area contributed by atoms with Crippen LogP contribution in [0.4, 0.5) is 23.2 Å². The van der Waals surface area contributed by atoms with Gasteiger partial charge in [0, 0.05) is 11.8 Å². The molecule has 1 amide bonds. The number of rotatable bonds is 4. The van der Waals surface area contributed by atoms with Gasteiger partial charge in [-0.2, -0.15) is 0 Å². The molecule has 0 bridgehead atoms. The summed E-state index contributed by atoms with van der Waals surface area (Å²) in [4.78, 5) is 38.8. The Labute approximate surface area is 154 Å². The molecular weight excluding hydrogens is 382 g/mol. The minimum Gasteiger partial charge on any atom is -0.319 e. The highest BCUT2D eigenvalue weighted by Gasteiger charge is 2.19. The monoisotopic (exact) mass is 393 g/mol. The van der Waals surface area contributed by atoms with Crippen molar-refractivity contribution in [2.75, 3.05) is 5.32 Å². The summed E-state index contributed by atoms with van der Waals surface area (Å²) >= 11 is 0. The number of hydrogen-bond acceptors (Lipinski definition) is 3. The van der Waals surface area contributed by atoms with Crippen LogP contribution in [-0.2, 0) is 6.54 Å². The molecule has 1 aromatic heterocycles. The van der Waals surface area contributed by atoms with Crippen molar-refractivity contribution >= 4 is 11.6 Å². The third-order valence-electron chi connectivity index (χ3n) is 3.87. The molecule has 0 aliphatic heterocycles. The number of aromatic nitrogens is 2. The first-order chi connectivity index (χ1) is 13.3. The van der Waals surface area contributed by atoms with Gasteiger partial charge >= 0.3 is 5.69 Å². The third-order valence-corrected chi connectivity index (χ3v) is 3.87. The Kier molecular flexibility index (Phi) is 5.12. The van der Waals surface area contributed by atoms with E-state index in [0.29, 0.717) is 10.6 Å². The van der Waals surface area contributed by atoms with Crippen molar-refractivity contribution in [2.24, 2.45) is 0 Å². The Balaban J connectivity index is 1.96. The Morgan fingerprint density at radius 2 is 1.68 bits per heavy atom. The highest BCUT2D eigenvalue weighted by molar-refractivity contribution is 6.03. The quantitative estimate of drug-likeness (QED) is 0.527. The standard InChI is InChI=1S/C18H11F4N3O3/c19-11-4-2-1-3-9(11)8-25-17(27)10(7-23-18(25)28)16(26)24-13-6-5-12(20)14(21)15(13)22/h1-7H,8H2,(H,23,28)(H,24,26). The van der Waals surface area contributed by atoms with Gasteiger partial charge in [-0.3, -0.25) is 14.2 Å². The first-order valence-electron chi connectivity index (χ1n) is 7.80. The molecule has 10 heteroatoms. The van der Waals surface area contributed by atoms with Crippen molar-refractivity contribution < 1.29 is 22.4 Å². The maximum Gasteiger partial charge on any atom is 0.328 e. The van der Waals surface area contributed by atoms with E-state index in [1.807, 2.05) is 5.32 Å². The zero-order valence-electron chi connectivity index (χ0n) is 13.9. The van der Waals surface area contributed by atoms with Crippen molar-refractivity contribution in [1.29, 1.82) is 0 Å². The SMILES string of the molecule is O=C(Nc1ccc(F)c(F)c1F)c1c[nH]c(=O)n(Cc2ccccc2F)c1=O. The summed E-state index contributed by atoms with van der Waals surface area (Å²) in [5, 5.41) is 1.93. The Morgan fingerprint density at radius 1 is 0.964 bits per heavy atom. The second-order valence-electron chi connectivity index (χ2n) is 5.67. The van der Waals surface area contributed by atoms with Crippen molar-refractivity contribution in [3.8, 4) is 0 Å². The van der Waals surface area contributed by atoms with Crippen LogP contribution in [0.3, 0.4) is 0 Å². The number of amides is 1. The molecular formula is C18H11F4N3O3. The van der Waals surface area contributed by atoms with Gasteiger partial charge in [-0.05, 0) is 18.2 Å². The fraction of sp³-hybridized carbons (Fsp3) is 0.0556. The van der Waals surface area contributed by atoms with Crippen molar-refractivity contribution in [1.82, 2.24) is 9.55 Å². The molecule has 0 atom stereocenters. The molecule has 28 heavy (non-hydrogen) atoms. The lowest BCUT2D eigenvalue weighted by atomic mass is 10.2. The molecule has 0 fully saturated rings. The zero-order valence-corrected chi connectivity index (χ0v) is 13.9. The first-order valence-corrected chi connectivity index (χ1v) is 7.80. The highest BCUT2D eigenvalue weighted by Crippen LogP contribution is 2.19. The van der Waals surface area contributed by atoms with E-state index in [2.05, 4.69) is 4.98 Å². The number of carbonyl (C=O) groups excluding carboxylic acids is 1. The number of aromatic amines is 1. The van der Waals surface area contributed by atoms with Crippen molar-refractivity contribution in [3.05, 3.63) is 97.8 Å². The van der Waals surface area contributed by atoms with Gasteiger partial charge in [-0.15, -0.1) is 0 Å². The fourth-order valence-corrected chi connectivity index (χ4v) is 2.43. The third kappa shape index (κ3) is 3.56. The van der Waals surface area contributed by atoms with Gasteiger partial charge in [0.15, 0.2) is 17.5 Å². The van der Waals surface area contributed by atoms with E-state index in [9.17, 15) is 31.9 Å². The van der Waals surface area contributed by atoms with Crippen molar-refractivity contribution in [2.45, 2.75) is 6.54 Å². The predicted octanol–water partition coefficient (Wildman–Crippen LogP) is 2.39. The number of nitrogens with one attached hydrogen (secondary N) is 2. The molecule has 0 saturated heterocycles. The number of halogens is 4. The summed E-state index contributed by atoms with van der Waals surface area (Å²) in [5.74, 6) is -6.73. The summed E-state index contributed by atoms with van der Waals surface area (Å²) in [6.07, 6.45) is 0.787. The summed E-state index contributed by atoms with van der Waals surface area (Å²) in [6, 6.07) is 6.78. The largest absolute Gasteiger partial charge is 0.328 e. The molecule has 0 radical (unpaired) electrons. The van der Waals surface area contributed by atoms with Gasteiger partial charge in [0.05, 0.1) is 12.2 Å². The molecule has 0 aliphatic carbocycles. The van der Waals surface area contributed by atoms with Crippen LogP contribution in [0.5, 0.6) is 0 Å². The molecule has 0 saturated carbocycles. The minimum absolute atomic E-state index is 0.0271. The molecule has 1 heterocycles. The summed E-state index contributed by atoms with van der Waals surface area (Å²) in [5.41, 5.74) is -3.26. The lowest BCUT2D eigenvalue weighted by Crippen LogP contribution is -2.39. The topological polar surface area (TPSA) is 84.0 Å². The van der Waals surface area contributed by atoms with Gasteiger partial charge in [-0.1, -0.05) is 18.2 Å². The molecule has 2 N–H and O–H groups in total. The normalized spacial score (nSPS) is 10.7. The van der Waals surface area contributed by atoms with E-state index < -0.39 is 58.2 Å². The van der Waals surface area contributed by atoms with Crippen LogP contribution in [0.25, 0.3) is 0 Å². The van der Waals surface area contributed by atoms with E-state index in [1.165, 1.54) is 18.2 Å². The molecule has 0 aliphatic rings. The second-order valence-corrected chi connectivity index (χ2v) is 5.67. The Hall–Kier alpha value is -3.69. The van der Waals surface area contributed by atoms with Gasteiger partial charge in [0.1, 0.15) is 11.4 Å². The number of benzene rings is 2. The fourth-order valence-electron chi connectivity index (χ4n) is 2.43. The van der Waals surface area contributed by atoms with Gasteiger partial charge in [0.2, 0.25) is 0 Å². The number of carbonyl (C=O) groups is 1. The molecule has 144 valence electrons. The lowest BCUT2D eigenvalue weighted by molar-refractivity contribution is 0.102. The van der Waals surface area contributed by atoms with Crippen LogP contribution >= 0.6 is 0 Å². The molecule has 0 spiro atoms. The lowest BCUT2D eigenvalue weighted by Gasteiger charge is -2.09. The molecule has 0 unspecified atom stereocenters. The van der Waals surface area contributed by atoms with Gasteiger partial charge < -0.3 is 10.3 Å². The second kappa shape index (κ2) is 7.51. The highest BCUT2D eigenvalue weighted by atomic mass is 19.2. The Bertz CT molecular complexity index is 1190. The average Bonchev–Trinajstić information content (AvgIpc) is 2.67. The van der Waals surface area contributed by atoms with E-state index in [0.717, 1.165) is 18.3 Å². The Morgan fingerprint density at radius 3 is 2.39 bits per heavy atom. The summed E-state index contributed by atoms with van der Waals surface area (Å²) in [7, 11) is 0. The number of nitrogens with zero attached hydrogens (tertiary/aromatic N) is 1. The molecule has 2 aromatic carbocycles. The van der Waals surface area contributed by atoms with Crippen LogP contribution in [-0.4, -0.2) is 15.5 Å². The van der Waals surface area contributed by atoms with Crippen LogP contribution < -0.4 is 16.6 Å². The summed E-state index contributed by atoms with van der Waals surface area (Å²) < 4.78 is 54.3. The van der Waals surface area contributed by atoms with Gasteiger partial charge in [0.25, 0.3) is 11.5 Å². The number of hydrogen-bond donors (Lipinski definition) is 2. The summed E-state index contributed by atoms with van der Waals surface area (Å²) in [6.45, 7) is -0.457. The van der Waals surface area contributed by atoms with Crippen LogP contribution in [0.15, 0.2) is 52.2 Å². The minimum atomic E-state index is -1.80. The van der Waals surface area contributed by atoms with Crippen LogP contribution in [0, 0.1) is 23.3 Å². The molecule has 3 aromatic rings. The average molecular weight is 393 g/mol. The zero-order chi connectivity index (χ0) is 20.4. The van der Waals surface area contributed by atoms with E-state index in [-0.39, 0.29) is 5.56 Å². The molecule has 6 nitrogen and oxygen atoms in total. The van der Waals surface area contributed by atoms with Gasteiger partial charge in [-0.25, -0.2) is 22.4 Å². The maximum atomic E-state index is 13.8. The molecule has 3 rings (SSSR count). The van der Waals surface area contributed by atoms with Crippen molar-refractivity contribution in [3.63, 3.8) is 0 Å². The smallest absolute Gasteiger partial charge is 0.319 e.